The Morgan fingerprint density at radius 3 is 2.69 bits per heavy atom. The molecule has 0 aliphatic carbocycles. The lowest BCUT2D eigenvalue weighted by atomic mass is 10.2. The molecule has 0 radical (unpaired) electrons. The summed E-state index contributed by atoms with van der Waals surface area (Å²) in [5.74, 6) is 2.49. The van der Waals surface area contributed by atoms with E-state index in [1.165, 1.54) is 0 Å². The second kappa shape index (κ2) is 9.13. The number of nitrogens with zero attached hydrogens (tertiary/aromatic N) is 3. The van der Waals surface area contributed by atoms with E-state index in [4.69, 9.17) is 14.0 Å². The zero-order valence-electron chi connectivity index (χ0n) is 18.6. The molecule has 0 fully saturated rings. The highest BCUT2D eigenvalue weighted by Crippen LogP contribution is 2.29. The number of aromatic nitrogens is 3. The molecule has 2 aromatic heterocycles. The van der Waals surface area contributed by atoms with Crippen LogP contribution < -0.4 is 14.8 Å². The number of carbonyl (C=O) groups excluding carboxylic acids is 1. The number of amides is 1. The molecule has 4 aromatic rings. The van der Waals surface area contributed by atoms with Gasteiger partial charge < -0.3 is 23.9 Å². The van der Waals surface area contributed by atoms with Gasteiger partial charge in [0, 0.05) is 18.7 Å². The average molecular weight is 434 g/mol. The zero-order chi connectivity index (χ0) is 22.7. The van der Waals surface area contributed by atoms with Gasteiger partial charge in [-0.05, 0) is 51.1 Å². The molecular weight excluding hydrogens is 408 g/mol. The molecule has 2 heterocycles. The second-order valence-corrected chi connectivity index (χ2v) is 7.51. The molecule has 1 amide bonds. The molecule has 0 spiro atoms. The Morgan fingerprint density at radius 1 is 1.12 bits per heavy atom. The molecule has 0 saturated carbocycles. The van der Waals surface area contributed by atoms with E-state index in [2.05, 4.69) is 20.0 Å². The number of hydrogen-bond acceptors (Lipinski definition) is 6. The summed E-state index contributed by atoms with van der Waals surface area (Å²) in [5, 5.41) is 6.90. The maximum Gasteiger partial charge on any atom is 0.251 e. The summed E-state index contributed by atoms with van der Waals surface area (Å²) < 4.78 is 18.6. The van der Waals surface area contributed by atoms with Gasteiger partial charge in [-0.15, -0.1) is 0 Å². The van der Waals surface area contributed by atoms with Crippen LogP contribution in [0.2, 0.25) is 0 Å². The third kappa shape index (κ3) is 4.30. The predicted octanol–water partition coefficient (Wildman–Crippen LogP) is 3.97. The second-order valence-electron chi connectivity index (χ2n) is 7.51. The van der Waals surface area contributed by atoms with Crippen LogP contribution in [0.5, 0.6) is 11.5 Å². The maximum atomic E-state index is 12.7. The normalized spacial score (nSPS) is 11.0. The molecule has 32 heavy (non-hydrogen) atoms. The van der Waals surface area contributed by atoms with Crippen molar-refractivity contribution in [2.24, 2.45) is 0 Å². The number of aryl methyl sites for hydroxylation is 3. The molecule has 0 saturated heterocycles. The van der Waals surface area contributed by atoms with E-state index >= 15 is 0 Å². The topological polar surface area (TPSA) is 91.4 Å². The van der Waals surface area contributed by atoms with Gasteiger partial charge >= 0.3 is 0 Å². The Hall–Kier alpha value is -3.81. The van der Waals surface area contributed by atoms with Crippen molar-refractivity contribution in [3.05, 3.63) is 70.9 Å². The van der Waals surface area contributed by atoms with Gasteiger partial charge in [-0.25, -0.2) is 4.98 Å². The van der Waals surface area contributed by atoms with Crippen LogP contribution in [-0.2, 0) is 13.2 Å². The van der Waals surface area contributed by atoms with Crippen molar-refractivity contribution in [3.63, 3.8) is 0 Å². The van der Waals surface area contributed by atoms with Gasteiger partial charge in [0.05, 0.1) is 29.4 Å². The van der Waals surface area contributed by atoms with Crippen molar-refractivity contribution in [2.45, 2.75) is 33.9 Å². The summed E-state index contributed by atoms with van der Waals surface area (Å²) in [6.45, 7) is 7.10. The van der Waals surface area contributed by atoms with Crippen molar-refractivity contribution < 1.29 is 18.8 Å². The molecule has 1 N–H and O–H groups in total. The first-order chi connectivity index (χ1) is 15.5. The Balaban J connectivity index is 1.39. The summed E-state index contributed by atoms with van der Waals surface area (Å²) in [4.78, 5) is 17.2. The number of methoxy groups -OCH3 is 1. The van der Waals surface area contributed by atoms with E-state index in [-0.39, 0.29) is 5.91 Å². The lowest BCUT2D eigenvalue weighted by molar-refractivity contribution is 0.0952. The van der Waals surface area contributed by atoms with Crippen LogP contribution in [0.1, 0.15) is 33.2 Å². The predicted molar refractivity (Wildman–Crippen MR) is 120 cm³/mol. The Kier molecular flexibility index (Phi) is 6.11. The van der Waals surface area contributed by atoms with Crippen LogP contribution >= 0.6 is 0 Å². The van der Waals surface area contributed by atoms with Crippen molar-refractivity contribution in [3.8, 4) is 11.5 Å². The van der Waals surface area contributed by atoms with Crippen molar-refractivity contribution in [2.75, 3.05) is 13.7 Å². The van der Waals surface area contributed by atoms with Gasteiger partial charge in [-0.1, -0.05) is 17.3 Å². The number of hydrogen-bond donors (Lipinski definition) is 1. The van der Waals surface area contributed by atoms with Crippen LogP contribution in [0.25, 0.3) is 11.0 Å². The molecule has 166 valence electrons. The highest BCUT2D eigenvalue weighted by atomic mass is 16.5. The summed E-state index contributed by atoms with van der Waals surface area (Å²) >= 11 is 0. The molecule has 0 bridgehead atoms. The van der Waals surface area contributed by atoms with Gasteiger partial charge in [0.15, 0.2) is 11.5 Å². The fourth-order valence-electron chi connectivity index (χ4n) is 3.65. The lowest BCUT2D eigenvalue weighted by Crippen LogP contribution is -2.27. The van der Waals surface area contributed by atoms with E-state index < -0.39 is 0 Å². The van der Waals surface area contributed by atoms with E-state index in [9.17, 15) is 4.79 Å². The Morgan fingerprint density at radius 2 is 1.94 bits per heavy atom. The number of carbonyl (C=O) groups is 1. The fraction of sp³-hybridized carbons (Fsp3) is 0.292. The van der Waals surface area contributed by atoms with Crippen LogP contribution in [0.15, 0.2) is 47.0 Å². The van der Waals surface area contributed by atoms with Gasteiger partial charge in [-0.2, -0.15) is 0 Å². The quantitative estimate of drug-likeness (QED) is 0.451. The Bertz CT molecular complexity index is 1240. The summed E-state index contributed by atoms with van der Waals surface area (Å²) in [5.41, 5.74) is 4.20. The number of benzene rings is 2. The molecular formula is C24H26N4O4. The standard InChI is InChI=1S/C24H26N4O4/c1-15-19(16(2)32-27-15)14-31-22-10-9-18(13-23(22)30-4)24(29)25-11-12-28-17(3)26-20-7-5-6-8-21(20)28/h5-10,13H,11-12,14H2,1-4H3,(H,25,29). The first-order valence-corrected chi connectivity index (χ1v) is 10.4. The van der Waals surface area contributed by atoms with Gasteiger partial charge in [0.1, 0.15) is 18.2 Å². The molecule has 4 rings (SSSR count). The highest BCUT2D eigenvalue weighted by molar-refractivity contribution is 5.94. The van der Waals surface area contributed by atoms with Crippen LogP contribution in [0.3, 0.4) is 0 Å². The molecule has 2 aromatic carbocycles. The maximum absolute atomic E-state index is 12.7. The van der Waals surface area contributed by atoms with Crippen LogP contribution in [0, 0.1) is 20.8 Å². The minimum Gasteiger partial charge on any atom is -0.493 e. The van der Waals surface area contributed by atoms with Crippen LogP contribution in [0.4, 0.5) is 0 Å². The third-order valence-electron chi connectivity index (χ3n) is 5.45. The van der Waals surface area contributed by atoms with E-state index in [0.717, 1.165) is 33.9 Å². The summed E-state index contributed by atoms with van der Waals surface area (Å²) in [6, 6.07) is 13.1. The van der Waals surface area contributed by atoms with Crippen molar-refractivity contribution in [1.29, 1.82) is 0 Å². The fourth-order valence-corrected chi connectivity index (χ4v) is 3.65. The SMILES string of the molecule is COc1cc(C(=O)NCCn2c(C)nc3ccccc32)ccc1OCc1c(C)noc1C. The molecule has 0 aliphatic rings. The van der Waals surface area contributed by atoms with E-state index in [1.54, 1.807) is 25.3 Å². The molecule has 8 nitrogen and oxygen atoms in total. The monoisotopic (exact) mass is 434 g/mol. The largest absolute Gasteiger partial charge is 0.493 e. The minimum atomic E-state index is -0.178. The molecule has 0 aliphatic heterocycles. The highest BCUT2D eigenvalue weighted by Gasteiger charge is 2.14. The smallest absolute Gasteiger partial charge is 0.251 e. The molecule has 0 atom stereocenters. The Labute approximate surface area is 186 Å². The summed E-state index contributed by atoms with van der Waals surface area (Å²) in [7, 11) is 1.55. The van der Waals surface area contributed by atoms with Gasteiger partial charge in [0.25, 0.3) is 5.91 Å². The van der Waals surface area contributed by atoms with Crippen molar-refractivity contribution in [1.82, 2.24) is 20.0 Å². The first-order valence-electron chi connectivity index (χ1n) is 10.4. The number of fused-ring (bicyclic) bond motifs is 1. The number of ether oxygens (including phenoxy) is 2. The number of nitrogens with one attached hydrogen (secondary N) is 1. The molecule has 0 unspecified atom stereocenters. The number of para-hydroxylation sites is 2. The lowest BCUT2D eigenvalue weighted by Gasteiger charge is -2.13. The number of imidazole rings is 1. The molecule has 8 heteroatoms. The van der Waals surface area contributed by atoms with Gasteiger partial charge in [0.2, 0.25) is 0 Å². The van der Waals surface area contributed by atoms with Crippen LogP contribution in [-0.4, -0.2) is 34.3 Å². The zero-order valence-corrected chi connectivity index (χ0v) is 18.6. The minimum absolute atomic E-state index is 0.178. The third-order valence-corrected chi connectivity index (χ3v) is 5.45. The average Bonchev–Trinajstić information content (AvgIpc) is 3.29. The van der Waals surface area contributed by atoms with Gasteiger partial charge in [-0.3, -0.25) is 4.79 Å². The van der Waals surface area contributed by atoms with E-state index in [0.29, 0.717) is 36.8 Å². The van der Waals surface area contributed by atoms with Crippen molar-refractivity contribution >= 4 is 16.9 Å². The first kappa shape index (κ1) is 21.4. The summed E-state index contributed by atoms with van der Waals surface area (Å²) in [6.07, 6.45) is 0. The number of rotatable bonds is 8. The van der Waals surface area contributed by atoms with E-state index in [1.807, 2.05) is 45.0 Å².